The number of carboxylic acids is 1. The van der Waals surface area contributed by atoms with Gasteiger partial charge in [-0.2, -0.15) is 5.10 Å². The Morgan fingerprint density at radius 1 is 1.16 bits per heavy atom. The number of halogens is 2. The average Bonchev–Trinajstić information content (AvgIpc) is 3.44. The van der Waals surface area contributed by atoms with E-state index in [-0.39, 0.29) is 12.0 Å². The molecule has 1 unspecified atom stereocenters. The first kappa shape index (κ1) is 27.3. The lowest BCUT2D eigenvalue weighted by Gasteiger charge is -2.35. The summed E-state index contributed by atoms with van der Waals surface area (Å²) in [7, 11) is 1.66. The second-order valence-electron chi connectivity index (χ2n) is 12.2. The number of nitrogens with zero attached hydrogens (tertiary/aromatic N) is 4. The van der Waals surface area contributed by atoms with E-state index in [1.807, 2.05) is 0 Å². The second kappa shape index (κ2) is 11.4. The van der Waals surface area contributed by atoms with E-state index in [0.717, 1.165) is 64.8 Å². The van der Waals surface area contributed by atoms with E-state index < -0.39 is 17.9 Å². The maximum Gasteiger partial charge on any atom is 0.320 e. The Bertz CT molecular complexity index is 1090. The molecule has 2 saturated heterocycles. The summed E-state index contributed by atoms with van der Waals surface area (Å²) in [6.45, 7) is 6.48. The van der Waals surface area contributed by atoms with E-state index in [2.05, 4.69) is 46.1 Å². The van der Waals surface area contributed by atoms with Crippen LogP contribution in [-0.2, 0) is 17.8 Å². The van der Waals surface area contributed by atoms with Gasteiger partial charge < -0.3 is 10.0 Å². The van der Waals surface area contributed by atoms with Crippen molar-refractivity contribution in [3.63, 3.8) is 0 Å². The fourth-order valence-corrected chi connectivity index (χ4v) is 6.63. The number of rotatable bonds is 11. The van der Waals surface area contributed by atoms with Crippen LogP contribution in [0.5, 0.6) is 0 Å². The van der Waals surface area contributed by atoms with Crippen LogP contribution >= 0.6 is 0 Å². The largest absolute Gasteiger partial charge is 0.480 e. The lowest BCUT2D eigenvalue weighted by atomic mass is 9.86. The molecule has 1 aromatic heterocycles. The summed E-state index contributed by atoms with van der Waals surface area (Å²) in [5.41, 5.74) is 2.55. The van der Waals surface area contributed by atoms with Crippen molar-refractivity contribution in [3.05, 3.63) is 53.3 Å². The highest BCUT2D eigenvalue weighted by Gasteiger charge is 2.42. The number of benzene rings is 1. The minimum absolute atomic E-state index is 0.00626. The van der Waals surface area contributed by atoms with E-state index in [0.29, 0.717) is 30.1 Å². The molecule has 3 fully saturated rings. The Labute approximate surface area is 225 Å². The zero-order chi connectivity index (χ0) is 26.9. The Morgan fingerprint density at radius 2 is 1.92 bits per heavy atom. The first-order valence-electron chi connectivity index (χ1n) is 14.3. The summed E-state index contributed by atoms with van der Waals surface area (Å²) in [5.74, 6) is -1.96. The van der Waals surface area contributed by atoms with Crippen LogP contribution in [-0.4, -0.2) is 69.4 Å². The van der Waals surface area contributed by atoms with Crippen LogP contribution in [0.3, 0.4) is 0 Å². The SMILES string of the molecule is Cc1cccc([C@H]2CN(C(CC3CC3)C(=O)O)C[C@@H]2CN2CCC(CCC(F)(F)c3cnn(C)c3)CC2)c1. The highest BCUT2D eigenvalue weighted by Crippen LogP contribution is 2.40. The molecule has 2 aliphatic heterocycles. The number of carbonyl (C=O) groups is 1. The van der Waals surface area contributed by atoms with E-state index in [1.54, 1.807) is 7.05 Å². The number of aromatic nitrogens is 2. The molecule has 0 amide bonds. The van der Waals surface area contributed by atoms with Crippen molar-refractivity contribution < 1.29 is 18.7 Å². The smallest absolute Gasteiger partial charge is 0.320 e. The number of hydrogen-bond donors (Lipinski definition) is 1. The summed E-state index contributed by atoms with van der Waals surface area (Å²) in [6.07, 6.45) is 8.04. The fraction of sp³-hybridized carbons (Fsp3) is 0.667. The van der Waals surface area contributed by atoms with Crippen molar-refractivity contribution in [3.8, 4) is 0 Å². The van der Waals surface area contributed by atoms with Gasteiger partial charge in [-0.15, -0.1) is 0 Å². The number of alkyl halides is 2. The predicted molar refractivity (Wildman–Crippen MR) is 143 cm³/mol. The Balaban J connectivity index is 1.18. The van der Waals surface area contributed by atoms with E-state index in [1.165, 1.54) is 28.2 Å². The highest BCUT2D eigenvalue weighted by atomic mass is 19.3. The molecule has 0 radical (unpaired) electrons. The third-order valence-corrected chi connectivity index (χ3v) is 9.11. The summed E-state index contributed by atoms with van der Waals surface area (Å²) < 4.78 is 30.7. The first-order valence-corrected chi connectivity index (χ1v) is 14.3. The number of likely N-dealkylation sites (tertiary alicyclic amines) is 2. The zero-order valence-electron chi connectivity index (χ0n) is 22.7. The number of aliphatic carboxylic acids is 1. The lowest BCUT2D eigenvalue weighted by Crippen LogP contribution is -2.42. The molecule has 2 aromatic rings. The number of carboxylic acid groups (broad SMARTS) is 1. The summed E-state index contributed by atoms with van der Waals surface area (Å²) in [6, 6.07) is 8.27. The number of hydrogen-bond acceptors (Lipinski definition) is 4. The predicted octanol–water partition coefficient (Wildman–Crippen LogP) is 5.28. The molecule has 38 heavy (non-hydrogen) atoms. The van der Waals surface area contributed by atoms with Crippen LogP contribution < -0.4 is 0 Å². The van der Waals surface area contributed by atoms with Crippen molar-refractivity contribution in [2.24, 2.45) is 24.8 Å². The number of piperidine rings is 1. The molecule has 6 nitrogen and oxygen atoms in total. The zero-order valence-corrected chi connectivity index (χ0v) is 22.7. The van der Waals surface area contributed by atoms with Crippen molar-refractivity contribution in [1.82, 2.24) is 19.6 Å². The molecule has 8 heteroatoms. The van der Waals surface area contributed by atoms with Crippen LogP contribution in [0, 0.1) is 24.7 Å². The van der Waals surface area contributed by atoms with Gasteiger partial charge in [0.2, 0.25) is 0 Å². The van der Waals surface area contributed by atoms with Gasteiger partial charge in [0.05, 0.1) is 11.8 Å². The summed E-state index contributed by atoms with van der Waals surface area (Å²) in [4.78, 5) is 16.9. The Kier molecular flexibility index (Phi) is 8.19. The maximum absolute atomic E-state index is 14.6. The van der Waals surface area contributed by atoms with Gasteiger partial charge in [0.25, 0.3) is 5.92 Å². The molecule has 3 heterocycles. The van der Waals surface area contributed by atoms with E-state index >= 15 is 0 Å². The van der Waals surface area contributed by atoms with Crippen LogP contribution in [0.15, 0.2) is 36.7 Å². The van der Waals surface area contributed by atoms with Gasteiger partial charge in [0.15, 0.2) is 0 Å². The van der Waals surface area contributed by atoms with Crippen LogP contribution in [0.2, 0.25) is 0 Å². The van der Waals surface area contributed by atoms with Crippen LogP contribution in [0.4, 0.5) is 8.78 Å². The molecule has 5 rings (SSSR count). The molecule has 0 bridgehead atoms. The monoisotopic (exact) mass is 528 g/mol. The average molecular weight is 529 g/mol. The van der Waals surface area contributed by atoms with Gasteiger partial charge in [-0.3, -0.25) is 14.4 Å². The summed E-state index contributed by atoms with van der Waals surface area (Å²) >= 11 is 0. The molecule has 3 atom stereocenters. The minimum Gasteiger partial charge on any atom is -0.480 e. The van der Waals surface area contributed by atoms with Gasteiger partial charge in [-0.1, -0.05) is 42.7 Å². The molecule has 208 valence electrons. The molecule has 3 aliphatic rings. The van der Waals surface area contributed by atoms with Crippen molar-refractivity contribution >= 4 is 5.97 Å². The van der Waals surface area contributed by atoms with Gasteiger partial charge in [0.1, 0.15) is 6.04 Å². The van der Waals surface area contributed by atoms with Gasteiger partial charge in [-0.25, -0.2) is 8.78 Å². The second-order valence-corrected chi connectivity index (χ2v) is 12.2. The van der Waals surface area contributed by atoms with Gasteiger partial charge >= 0.3 is 5.97 Å². The fourth-order valence-electron chi connectivity index (χ4n) is 6.63. The molecular weight excluding hydrogens is 486 g/mol. The van der Waals surface area contributed by atoms with Gasteiger partial charge in [0, 0.05) is 45.2 Å². The van der Waals surface area contributed by atoms with Crippen LogP contribution in [0.25, 0.3) is 0 Å². The molecule has 1 saturated carbocycles. The standard InChI is InChI=1S/C30H42F2N4O2/c1-21-4-3-5-24(14-21)27-20-36(28(29(37)38)15-23-6-7-23)18-25(27)17-35-12-9-22(10-13-35)8-11-30(31,32)26-16-33-34(2)19-26/h3-5,14,16,19,22-23,25,27-28H,6-13,15,17-18,20H2,1-2H3,(H,37,38)/t25-,27+,28?/m0/s1. The van der Waals surface area contributed by atoms with Crippen molar-refractivity contribution in [2.75, 3.05) is 32.7 Å². The molecule has 1 aromatic carbocycles. The van der Waals surface area contributed by atoms with E-state index in [9.17, 15) is 18.7 Å². The third kappa shape index (κ3) is 6.63. The lowest BCUT2D eigenvalue weighted by molar-refractivity contribution is -0.143. The maximum atomic E-state index is 14.6. The Hall–Kier alpha value is -2.32. The van der Waals surface area contributed by atoms with Gasteiger partial charge in [-0.05, 0) is 69.0 Å². The molecular formula is C30H42F2N4O2. The number of aryl methyl sites for hydroxylation is 2. The van der Waals surface area contributed by atoms with Crippen molar-refractivity contribution in [1.29, 1.82) is 0 Å². The molecule has 0 spiro atoms. The molecule has 1 N–H and O–H groups in total. The summed E-state index contributed by atoms with van der Waals surface area (Å²) in [5, 5.41) is 13.9. The molecule has 1 aliphatic carbocycles. The van der Waals surface area contributed by atoms with E-state index in [4.69, 9.17) is 0 Å². The normalized spacial score (nSPS) is 24.6. The minimum atomic E-state index is -2.83. The Morgan fingerprint density at radius 3 is 2.55 bits per heavy atom. The highest BCUT2D eigenvalue weighted by molar-refractivity contribution is 5.73. The van der Waals surface area contributed by atoms with Crippen LogP contribution in [0.1, 0.15) is 67.6 Å². The third-order valence-electron chi connectivity index (χ3n) is 9.11. The first-order chi connectivity index (χ1) is 18.2. The van der Waals surface area contributed by atoms with Crippen molar-refractivity contribution in [2.45, 2.75) is 69.8 Å². The quantitative estimate of drug-likeness (QED) is 0.430. The topological polar surface area (TPSA) is 61.6 Å².